The Morgan fingerprint density at radius 2 is 1.89 bits per heavy atom. The molecule has 0 aliphatic heterocycles. The van der Waals surface area contributed by atoms with Gasteiger partial charge in [0.1, 0.15) is 16.7 Å². The van der Waals surface area contributed by atoms with Gasteiger partial charge in [0.05, 0.1) is 0 Å². The lowest BCUT2D eigenvalue weighted by molar-refractivity contribution is 0.649. The van der Waals surface area contributed by atoms with Crippen LogP contribution in [0.5, 0.6) is 0 Å². The maximum absolute atomic E-state index is 5.64. The van der Waals surface area contributed by atoms with E-state index in [9.17, 15) is 0 Å². The van der Waals surface area contributed by atoms with Gasteiger partial charge in [0.25, 0.3) is 0 Å². The van der Waals surface area contributed by atoms with Gasteiger partial charge in [0.15, 0.2) is 5.16 Å². The van der Waals surface area contributed by atoms with Crippen LogP contribution < -0.4 is 16.8 Å². The first-order valence-corrected chi connectivity index (χ1v) is 6.61. The number of aromatic nitrogens is 3. The molecule has 0 aliphatic rings. The molecular formula is C12H16N6S. The average Bonchev–Trinajstić information content (AvgIpc) is 2.37. The van der Waals surface area contributed by atoms with Crippen LogP contribution in [0.15, 0.2) is 34.6 Å². The Hall–Kier alpha value is -1.86. The molecule has 0 amide bonds. The SMILES string of the molecule is CNC(C)c1ccnc(Sc2nc(N)cc(N)n2)c1. The van der Waals surface area contributed by atoms with Gasteiger partial charge in [-0.2, -0.15) is 0 Å². The molecule has 5 N–H and O–H groups in total. The fourth-order valence-electron chi connectivity index (χ4n) is 1.52. The predicted octanol–water partition coefficient (Wildman–Crippen LogP) is 1.47. The number of nitrogens with one attached hydrogen (secondary N) is 1. The highest BCUT2D eigenvalue weighted by atomic mass is 32.2. The molecule has 0 bridgehead atoms. The van der Waals surface area contributed by atoms with Crippen molar-refractivity contribution in [2.45, 2.75) is 23.1 Å². The maximum atomic E-state index is 5.64. The van der Waals surface area contributed by atoms with Crippen molar-refractivity contribution in [2.24, 2.45) is 0 Å². The van der Waals surface area contributed by atoms with Crippen molar-refractivity contribution in [3.63, 3.8) is 0 Å². The third kappa shape index (κ3) is 3.55. The molecule has 7 heteroatoms. The molecule has 1 unspecified atom stereocenters. The van der Waals surface area contributed by atoms with E-state index in [0.29, 0.717) is 16.8 Å². The van der Waals surface area contributed by atoms with Crippen LogP contribution in [0.2, 0.25) is 0 Å². The zero-order valence-electron chi connectivity index (χ0n) is 10.8. The van der Waals surface area contributed by atoms with E-state index in [-0.39, 0.29) is 6.04 Å². The molecule has 0 aliphatic carbocycles. The zero-order valence-corrected chi connectivity index (χ0v) is 11.6. The third-order valence-corrected chi connectivity index (χ3v) is 3.43. The second-order valence-corrected chi connectivity index (χ2v) is 5.03. The van der Waals surface area contributed by atoms with Crippen molar-refractivity contribution in [1.29, 1.82) is 0 Å². The van der Waals surface area contributed by atoms with E-state index in [2.05, 4.69) is 27.2 Å². The van der Waals surface area contributed by atoms with Crippen molar-refractivity contribution in [3.8, 4) is 0 Å². The van der Waals surface area contributed by atoms with Crippen molar-refractivity contribution in [2.75, 3.05) is 18.5 Å². The first-order chi connectivity index (χ1) is 9.08. The van der Waals surface area contributed by atoms with Crippen LogP contribution in [0.25, 0.3) is 0 Å². The van der Waals surface area contributed by atoms with Gasteiger partial charge in [-0.25, -0.2) is 15.0 Å². The molecule has 2 aromatic rings. The minimum atomic E-state index is 0.259. The molecule has 2 aromatic heterocycles. The largest absolute Gasteiger partial charge is 0.383 e. The van der Waals surface area contributed by atoms with Crippen LogP contribution in [0.4, 0.5) is 11.6 Å². The minimum Gasteiger partial charge on any atom is -0.383 e. The summed E-state index contributed by atoms with van der Waals surface area (Å²) in [5.41, 5.74) is 12.4. The molecule has 0 saturated heterocycles. The lowest BCUT2D eigenvalue weighted by Crippen LogP contribution is -2.12. The maximum Gasteiger partial charge on any atom is 0.197 e. The van der Waals surface area contributed by atoms with E-state index >= 15 is 0 Å². The Balaban J connectivity index is 2.23. The molecule has 6 nitrogen and oxygen atoms in total. The molecule has 0 spiro atoms. The number of hydrogen-bond donors (Lipinski definition) is 3. The topological polar surface area (TPSA) is 103 Å². The summed E-state index contributed by atoms with van der Waals surface area (Å²) in [7, 11) is 1.92. The smallest absolute Gasteiger partial charge is 0.197 e. The van der Waals surface area contributed by atoms with Crippen LogP contribution in [0, 0.1) is 0 Å². The van der Waals surface area contributed by atoms with Crippen LogP contribution in [-0.4, -0.2) is 22.0 Å². The highest BCUT2D eigenvalue weighted by Crippen LogP contribution is 2.26. The lowest BCUT2D eigenvalue weighted by Gasteiger charge is -2.11. The summed E-state index contributed by atoms with van der Waals surface area (Å²) in [4.78, 5) is 12.5. The number of rotatable bonds is 4. The number of pyridine rings is 1. The molecule has 2 heterocycles. The Morgan fingerprint density at radius 1 is 1.21 bits per heavy atom. The highest BCUT2D eigenvalue weighted by molar-refractivity contribution is 7.99. The summed E-state index contributed by atoms with van der Waals surface area (Å²) in [6.07, 6.45) is 1.77. The predicted molar refractivity (Wildman–Crippen MR) is 76.7 cm³/mol. The van der Waals surface area contributed by atoms with Gasteiger partial charge < -0.3 is 16.8 Å². The normalized spacial score (nSPS) is 12.3. The number of nitrogen functional groups attached to an aromatic ring is 2. The monoisotopic (exact) mass is 276 g/mol. The van der Waals surface area contributed by atoms with Crippen LogP contribution in [0.3, 0.4) is 0 Å². The van der Waals surface area contributed by atoms with E-state index in [1.807, 2.05) is 19.2 Å². The average molecular weight is 276 g/mol. The van der Waals surface area contributed by atoms with Gasteiger partial charge in [0, 0.05) is 18.3 Å². The molecule has 100 valence electrons. The summed E-state index contributed by atoms with van der Waals surface area (Å²) in [5.74, 6) is 0.712. The number of hydrogen-bond acceptors (Lipinski definition) is 7. The molecular weight excluding hydrogens is 260 g/mol. The Kier molecular flexibility index (Phi) is 4.18. The summed E-state index contributed by atoms with van der Waals surface area (Å²) in [5, 5.41) is 4.49. The summed E-state index contributed by atoms with van der Waals surface area (Å²) in [6.45, 7) is 2.08. The molecule has 1 atom stereocenters. The quantitative estimate of drug-likeness (QED) is 0.726. The van der Waals surface area contributed by atoms with Crippen molar-refractivity contribution in [3.05, 3.63) is 30.0 Å². The third-order valence-electron chi connectivity index (χ3n) is 2.63. The Morgan fingerprint density at radius 3 is 2.53 bits per heavy atom. The van der Waals surface area contributed by atoms with Gasteiger partial charge in [-0.3, -0.25) is 0 Å². The van der Waals surface area contributed by atoms with E-state index in [4.69, 9.17) is 11.5 Å². The Labute approximate surface area is 116 Å². The fraction of sp³-hybridized carbons (Fsp3) is 0.250. The minimum absolute atomic E-state index is 0.259. The van der Waals surface area contributed by atoms with E-state index in [1.165, 1.54) is 17.8 Å². The van der Waals surface area contributed by atoms with Gasteiger partial charge in [-0.05, 0) is 43.4 Å². The number of nitrogens with zero attached hydrogens (tertiary/aromatic N) is 3. The highest BCUT2D eigenvalue weighted by Gasteiger charge is 2.07. The molecule has 0 radical (unpaired) electrons. The van der Waals surface area contributed by atoms with Crippen molar-refractivity contribution < 1.29 is 0 Å². The summed E-state index contributed by atoms with van der Waals surface area (Å²) < 4.78 is 0. The second-order valence-electron chi connectivity index (χ2n) is 4.04. The standard InChI is InChI=1S/C12H16N6S/c1-7(15-2)8-3-4-16-11(5-8)19-12-17-9(13)6-10(14)18-12/h3-7,15H,1-2H3,(H4,13,14,17,18). The van der Waals surface area contributed by atoms with E-state index < -0.39 is 0 Å². The molecule has 0 saturated carbocycles. The summed E-state index contributed by atoms with van der Waals surface area (Å²) >= 11 is 1.34. The van der Waals surface area contributed by atoms with Crippen LogP contribution >= 0.6 is 11.8 Å². The molecule has 0 aromatic carbocycles. The van der Waals surface area contributed by atoms with Crippen LogP contribution in [0.1, 0.15) is 18.5 Å². The lowest BCUT2D eigenvalue weighted by atomic mass is 10.1. The van der Waals surface area contributed by atoms with Gasteiger partial charge in [-0.15, -0.1) is 0 Å². The molecule has 2 rings (SSSR count). The Bertz CT molecular complexity index is 554. The zero-order chi connectivity index (χ0) is 13.8. The van der Waals surface area contributed by atoms with Gasteiger partial charge >= 0.3 is 0 Å². The van der Waals surface area contributed by atoms with Crippen molar-refractivity contribution >= 4 is 23.4 Å². The van der Waals surface area contributed by atoms with Crippen molar-refractivity contribution in [1.82, 2.24) is 20.3 Å². The first kappa shape index (κ1) is 13.6. The number of anilines is 2. The number of nitrogens with two attached hydrogens (primary N) is 2. The van der Waals surface area contributed by atoms with Gasteiger partial charge in [0.2, 0.25) is 0 Å². The summed E-state index contributed by atoms with van der Waals surface area (Å²) in [6, 6.07) is 5.75. The fourth-order valence-corrected chi connectivity index (χ4v) is 2.32. The molecule has 0 fully saturated rings. The van der Waals surface area contributed by atoms with Gasteiger partial charge in [-0.1, -0.05) is 0 Å². The van der Waals surface area contributed by atoms with Crippen LogP contribution in [-0.2, 0) is 0 Å². The van der Waals surface area contributed by atoms with E-state index in [0.717, 1.165) is 10.6 Å². The molecule has 19 heavy (non-hydrogen) atoms. The van der Waals surface area contributed by atoms with E-state index in [1.54, 1.807) is 6.20 Å². The first-order valence-electron chi connectivity index (χ1n) is 5.79. The second kappa shape index (κ2) is 5.85.